The van der Waals surface area contributed by atoms with E-state index in [2.05, 4.69) is 34.4 Å². The molecule has 2 amide bonds. The lowest BCUT2D eigenvalue weighted by atomic mass is 9.81. The number of ketones is 2. The summed E-state index contributed by atoms with van der Waals surface area (Å²) < 4.78 is 14.9. The Labute approximate surface area is 400 Å². The van der Waals surface area contributed by atoms with Gasteiger partial charge in [0.25, 0.3) is 23.4 Å². The maximum atomic E-state index is 14.0. The number of nitrogen functional groups attached to an aromatic ring is 2. The normalized spacial score (nSPS) is 25.0. The van der Waals surface area contributed by atoms with E-state index in [1.54, 1.807) is 62.4 Å². The Bertz CT molecular complexity index is 3220. The predicted molar refractivity (Wildman–Crippen MR) is 254 cm³/mol. The van der Waals surface area contributed by atoms with Crippen molar-refractivity contribution in [2.75, 3.05) is 11.5 Å². The number of nitrogens with one attached hydrogen (secondary N) is 4. The van der Waals surface area contributed by atoms with E-state index in [0.717, 1.165) is 11.1 Å². The molecule has 4 aromatic carbocycles. The topological polar surface area (TPSA) is 279 Å². The fraction of sp³-hybridized carbons (Fsp3) is 0.346. The summed E-state index contributed by atoms with van der Waals surface area (Å²) in [5.41, 5.74) is 11.9. The van der Waals surface area contributed by atoms with Gasteiger partial charge in [0.05, 0.1) is 11.1 Å². The number of ether oxygens (including phenoxy) is 2. The quantitative estimate of drug-likeness (QED) is 0.0990. The molecule has 18 heteroatoms. The molecular formula is C52H52N8O10. The van der Waals surface area contributed by atoms with Crippen LogP contribution in [-0.4, -0.2) is 52.7 Å². The molecule has 360 valence electrons. The van der Waals surface area contributed by atoms with Crippen molar-refractivity contribution in [3.63, 3.8) is 0 Å². The molecule has 6 atom stereocenters. The molecule has 2 aromatic heterocycles. The Hall–Kier alpha value is -7.70. The monoisotopic (exact) mass is 948 g/mol. The molecule has 70 heavy (non-hydrogen) atoms. The third-order valence-electron chi connectivity index (χ3n) is 16.0. The number of amides is 2. The zero-order valence-electron chi connectivity index (χ0n) is 39.3. The van der Waals surface area contributed by atoms with Crippen LogP contribution in [0.1, 0.15) is 138 Å². The molecule has 2 saturated carbocycles. The summed E-state index contributed by atoms with van der Waals surface area (Å²) >= 11 is 0. The van der Waals surface area contributed by atoms with Crippen LogP contribution in [0, 0.1) is 25.7 Å². The number of rotatable bonds is 8. The fourth-order valence-electron chi connectivity index (χ4n) is 11.2. The number of aliphatic hydroxyl groups is 2. The van der Waals surface area contributed by atoms with Gasteiger partial charge in [0.15, 0.2) is 0 Å². The van der Waals surface area contributed by atoms with Crippen LogP contribution in [0.15, 0.2) is 82.4 Å². The van der Waals surface area contributed by atoms with Gasteiger partial charge in [0, 0.05) is 59.1 Å². The van der Waals surface area contributed by atoms with Crippen molar-refractivity contribution < 1.29 is 38.9 Å². The van der Waals surface area contributed by atoms with Gasteiger partial charge in [0.1, 0.15) is 22.9 Å². The molecule has 18 nitrogen and oxygen atoms in total. The zero-order valence-corrected chi connectivity index (χ0v) is 39.3. The highest BCUT2D eigenvalue weighted by Gasteiger charge is 2.73. The fourth-order valence-corrected chi connectivity index (χ4v) is 11.2. The summed E-state index contributed by atoms with van der Waals surface area (Å²) in [6, 6.07) is 20.5. The van der Waals surface area contributed by atoms with Crippen molar-refractivity contribution in [2.24, 2.45) is 25.9 Å². The third-order valence-corrected chi connectivity index (χ3v) is 16.0. The van der Waals surface area contributed by atoms with Gasteiger partial charge in [-0.25, -0.2) is 9.59 Å². The van der Waals surface area contributed by atoms with Gasteiger partial charge >= 0.3 is 11.4 Å². The van der Waals surface area contributed by atoms with Crippen LogP contribution in [0.5, 0.6) is 11.5 Å². The Morgan fingerprint density at radius 2 is 1.00 bits per heavy atom. The summed E-state index contributed by atoms with van der Waals surface area (Å²) in [6.07, 6.45) is 4.68. The van der Waals surface area contributed by atoms with Crippen LogP contribution < -0.4 is 43.0 Å². The zero-order chi connectivity index (χ0) is 49.7. The molecule has 10 N–H and O–H groups in total. The standard InChI is InChI=1S/2C26H26N4O5/c2*1-12(14-7-8-14)15-9-10-16-19(11-15)35-26(34)17-5-4-6-18(27)20(17)22(31)25(16,26)29-23(32)21-13(2)30(3)24(33)28-21/h2*4-6,9-12,14,34H,7-8,27H2,1-3H3,(H,28,33)(H,29,32)/t12-,25?,26?;12-,25+,26+/m11/s1. The average Bonchev–Trinajstić information content (AvgIpc) is 4.26. The van der Waals surface area contributed by atoms with E-state index in [4.69, 9.17) is 20.9 Å². The smallest absolute Gasteiger partial charge is 0.326 e. The Balaban J connectivity index is 0.000000152. The van der Waals surface area contributed by atoms with Gasteiger partial charge in [-0.2, -0.15) is 0 Å². The molecule has 0 saturated heterocycles. The number of aromatic nitrogens is 4. The van der Waals surface area contributed by atoms with E-state index in [-0.39, 0.29) is 45.0 Å². The Morgan fingerprint density at radius 1 is 0.629 bits per heavy atom. The number of carbonyl (C=O) groups is 4. The number of Topliss-reactive ketones (excluding diaryl/α,β-unsaturated/α-hetero) is 2. The summed E-state index contributed by atoms with van der Waals surface area (Å²) in [6.45, 7) is 7.53. The SMILES string of the molecule is Cc1c(C(=O)NC23C(=O)c4c(N)cccc4C2(O)Oc2cc([C@H](C)C4CC4)ccc23)[nH]c(=O)n1C.Cc1c(C(=O)N[C@@]23C(=O)c4c(N)cccc4[C@]2(O)Oc2cc([C@H](C)C4CC4)ccc23)[nH]c(=O)n1C. The van der Waals surface area contributed by atoms with Crippen LogP contribution in [0.4, 0.5) is 11.4 Å². The number of H-pyrrole nitrogens is 2. The molecule has 4 aliphatic carbocycles. The van der Waals surface area contributed by atoms with Gasteiger partial charge in [-0.3, -0.25) is 28.3 Å². The Morgan fingerprint density at radius 3 is 1.33 bits per heavy atom. The highest BCUT2D eigenvalue weighted by atomic mass is 16.6. The van der Waals surface area contributed by atoms with E-state index in [0.29, 0.717) is 57.7 Å². The molecule has 12 rings (SSSR count). The van der Waals surface area contributed by atoms with Gasteiger partial charge in [0.2, 0.25) is 22.6 Å². The second-order valence-electron chi connectivity index (χ2n) is 19.8. The first-order valence-electron chi connectivity index (χ1n) is 23.4. The number of imidazole rings is 2. The van der Waals surface area contributed by atoms with Crippen molar-refractivity contribution >= 4 is 34.8 Å². The number of carbonyl (C=O) groups excluding carboxylic acids is 4. The van der Waals surface area contributed by atoms with Crippen molar-refractivity contribution in [1.29, 1.82) is 0 Å². The summed E-state index contributed by atoms with van der Waals surface area (Å²) in [5.74, 6) is -4.52. The molecule has 0 radical (unpaired) electrons. The lowest BCUT2D eigenvalue weighted by molar-refractivity contribution is -0.169. The summed E-state index contributed by atoms with van der Waals surface area (Å²) in [4.78, 5) is 84.3. The number of nitrogens with two attached hydrogens (primary N) is 2. The van der Waals surface area contributed by atoms with Crippen molar-refractivity contribution in [3.05, 3.63) is 161 Å². The molecular weight excluding hydrogens is 897 g/mol. The maximum absolute atomic E-state index is 14.0. The summed E-state index contributed by atoms with van der Waals surface area (Å²) in [5, 5.41) is 29.6. The number of hydrogen-bond acceptors (Lipinski definition) is 12. The maximum Gasteiger partial charge on any atom is 0.326 e. The van der Waals surface area contributed by atoms with Crippen LogP contribution in [0.3, 0.4) is 0 Å². The molecule has 2 unspecified atom stereocenters. The van der Waals surface area contributed by atoms with E-state index >= 15 is 0 Å². The lowest BCUT2D eigenvalue weighted by Gasteiger charge is -2.34. The van der Waals surface area contributed by atoms with Crippen LogP contribution in [0.2, 0.25) is 0 Å². The van der Waals surface area contributed by atoms with Crippen LogP contribution in [-0.2, 0) is 36.7 Å². The molecule has 6 aliphatic rings. The first-order chi connectivity index (χ1) is 33.2. The van der Waals surface area contributed by atoms with Crippen molar-refractivity contribution in [1.82, 2.24) is 29.7 Å². The number of hydrogen-bond donors (Lipinski definition) is 8. The number of fused-ring (bicyclic) bond motifs is 10. The molecule has 0 bridgehead atoms. The lowest BCUT2D eigenvalue weighted by Crippen LogP contribution is -2.60. The molecule has 4 heterocycles. The van der Waals surface area contributed by atoms with E-state index < -0.39 is 57.4 Å². The Kier molecular flexibility index (Phi) is 9.53. The second-order valence-corrected chi connectivity index (χ2v) is 19.8. The minimum absolute atomic E-state index is 0.00150. The minimum atomic E-state index is -2.21. The predicted octanol–water partition coefficient (Wildman–Crippen LogP) is 4.35. The van der Waals surface area contributed by atoms with Crippen LogP contribution >= 0.6 is 0 Å². The number of aromatic amines is 2. The number of anilines is 2. The first kappa shape index (κ1) is 44.8. The van der Waals surface area contributed by atoms with Crippen molar-refractivity contribution in [2.45, 2.75) is 87.9 Å². The highest BCUT2D eigenvalue weighted by molar-refractivity contribution is 6.17. The second kappa shape index (κ2) is 14.9. The largest absolute Gasteiger partial charge is 0.454 e. The first-order valence-corrected chi connectivity index (χ1v) is 23.4. The van der Waals surface area contributed by atoms with E-state index in [9.17, 15) is 39.0 Å². The number of nitrogens with zero attached hydrogens (tertiary/aromatic N) is 2. The molecule has 6 aromatic rings. The highest BCUT2D eigenvalue weighted by Crippen LogP contribution is 2.61. The third kappa shape index (κ3) is 5.86. The average molecular weight is 949 g/mol. The molecule has 2 fully saturated rings. The minimum Gasteiger partial charge on any atom is -0.454 e. The van der Waals surface area contributed by atoms with E-state index in [1.165, 1.54) is 48.9 Å². The van der Waals surface area contributed by atoms with E-state index in [1.807, 2.05) is 24.3 Å². The molecule has 0 spiro atoms. The number of benzene rings is 4. The summed E-state index contributed by atoms with van der Waals surface area (Å²) in [7, 11) is 3.07. The van der Waals surface area contributed by atoms with Gasteiger partial charge in [-0.1, -0.05) is 62.4 Å². The van der Waals surface area contributed by atoms with Gasteiger partial charge < -0.3 is 51.8 Å². The van der Waals surface area contributed by atoms with Crippen molar-refractivity contribution in [3.8, 4) is 11.5 Å². The van der Waals surface area contributed by atoms with Gasteiger partial charge in [-0.05, 0) is 98.6 Å². The molecule has 2 aliphatic heterocycles. The van der Waals surface area contributed by atoms with Crippen LogP contribution in [0.25, 0.3) is 0 Å². The van der Waals surface area contributed by atoms with Gasteiger partial charge in [-0.15, -0.1) is 0 Å².